The number of hydrogen-bond acceptors (Lipinski definition) is 4. The maximum Gasteiger partial charge on any atom is 0.251 e. The predicted molar refractivity (Wildman–Crippen MR) is 119 cm³/mol. The van der Waals surface area contributed by atoms with Crippen LogP contribution in [0.3, 0.4) is 0 Å². The number of benzene rings is 2. The first-order chi connectivity index (χ1) is 14.3. The van der Waals surface area contributed by atoms with Gasteiger partial charge in [-0.05, 0) is 50.1 Å². The first-order valence-electron chi connectivity index (χ1n) is 10.5. The zero-order valence-electron chi connectivity index (χ0n) is 18.0. The molecular weight excluding hydrogens is 398 g/mol. The molecule has 1 fully saturated rings. The summed E-state index contributed by atoms with van der Waals surface area (Å²) in [5, 5.41) is 2.99. The molecule has 1 amide bonds. The second kappa shape index (κ2) is 9.73. The number of carbonyl (C=O) groups excluding carboxylic acids is 1. The van der Waals surface area contributed by atoms with Crippen LogP contribution in [0.5, 0.6) is 0 Å². The Balaban J connectivity index is 1.59. The van der Waals surface area contributed by atoms with E-state index in [0.29, 0.717) is 43.2 Å². The molecule has 30 heavy (non-hydrogen) atoms. The summed E-state index contributed by atoms with van der Waals surface area (Å²) in [4.78, 5) is 14.9. The van der Waals surface area contributed by atoms with Crippen molar-refractivity contribution in [3.8, 4) is 0 Å². The van der Waals surface area contributed by atoms with Gasteiger partial charge in [-0.3, -0.25) is 9.69 Å². The molecule has 0 saturated carbocycles. The van der Waals surface area contributed by atoms with Gasteiger partial charge >= 0.3 is 0 Å². The Morgan fingerprint density at radius 1 is 1.07 bits per heavy atom. The van der Waals surface area contributed by atoms with Crippen LogP contribution >= 0.6 is 0 Å². The molecule has 1 unspecified atom stereocenters. The molecule has 7 heteroatoms. The van der Waals surface area contributed by atoms with Gasteiger partial charge in [0.1, 0.15) is 0 Å². The Labute approximate surface area is 179 Å². The average molecular weight is 430 g/mol. The normalized spacial score (nSPS) is 16.9. The molecule has 2 aromatic rings. The van der Waals surface area contributed by atoms with Crippen molar-refractivity contribution in [3.63, 3.8) is 0 Å². The quantitative estimate of drug-likeness (QED) is 0.735. The number of rotatable bonds is 7. The number of amides is 1. The van der Waals surface area contributed by atoms with Crippen molar-refractivity contribution >= 4 is 15.9 Å². The largest absolute Gasteiger partial charge is 0.350 e. The third kappa shape index (κ3) is 5.47. The molecule has 0 spiro atoms. The van der Waals surface area contributed by atoms with E-state index in [2.05, 4.69) is 10.2 Å². The van der Waals surface area contributed by atoms with Gasteiger partial charge in [0, 0.05) is 44.3 Å². The molecule has 0 aromatic heterocycles. The molecule has 1 N–H and O–H groups in total. The van der Waals surface area contributed by atoms with Crippen LogP contribution in [0, 0.1) is 6.92 Å². The van der Waals surface area contributed by atoms with Gasteiger partial charge in [0.05, 0.1) is 4.90 Å². The zero-order valence-corrected chi connectivity index (χ0v) is 18.8. The molecule has 1 saturated heterocycles. The van der Waals surface area contributed by atoms with E-state index in [0.717, 1.165) is 17.5 Å². The zero-order chi connectivity index (χ0) is 21.7. The van der Waals surface area contributed by atoms with Gasteiger partial charge in [-0.15, -0.1) is 0 Å². The van der Waals surface area contributed by atoms with E-state index >= 15 is 0 Å². The molecule has 1 aliphatic rings. The van der Waals surface area contributed by atoms with Crippen LogP contribution in [0.2, 0.25) is 0 Å². The number of carbonyl (C=O) groups is 1. The van der Waals surface area contributed by atoms with Crippen LogP contribution in [0.25, 0.3) is 0 Å². The van der Waals surface area contributed by atoms with Crippen LogP contribution in [-0.4, -0.2) is 55.8 Å². The van der Waals surface area contributed by atoms with Crippen LogP contribution < -0.4 is 5.32 Å². The summed E-state index contributed by atoms with van der Waals surface area (Å²) in [5.41, 5.74) is 2.76. The molecule has 1 aliphatic heterocycles. The Morgan fingerprint density at radius 2 is 1.73 bits per heavy atom. The number of nitrogens with zero attached hydrogens (tertiary/aromatic N) is 2. The fourth-order valence-corrected chi connectivity index (χ4v) is 4.89. The van der Waals surface area contributed by atoms with Crippen molar-refractivity contribution in [2.45, 2.75) is 44.7 Å². The molecule has 1 heterocycles. The number of hydrogen-bond donors (Lipinski definition) is 1. The molecule has 6 nitrogen and oxygen atoms in total. The summed E-state index contributed by atoms with van der Waals surface area (Å²) in [7, 11) is -3.45. The predicted octanol–water partition coefficient (Wildman–Crippen LogP) is 3.03. The summed E-state index contributed by atoms with van der Waals surface area (Å²) < 4.78 is 27.3. The minimum Gasteiger partial charge on any atom is -0.350 e. The minimum absolute atomic E-state index is 0.0554. The number of piperazine rings is 1. The smallest absolute Gasteiger partial charge is 0.251 e. The SMILES string of the molecule is CCC(C)NC(=O)c1cccc(CN2CCN(S(=O)(=O)c3ccc(C)cc3)CC2)c1. The second-order valence-electron chi connectivity index (χ2n) is 7.98. The van der Waals surface area contributed by atoms with E-state index in [1.165, 1.54) is 0 Å². The van der Waals surface area contributed by atoms with Crippen LogP contribution in [-0.2, 0) is 16.6 Å². The van der Waals surface area contributed by atoms with E-state index in [9.17, 15) is 13.2 Å². The van der Waals surface area contributed by atoms with Gasteiger partial charge in [-0.2, -0.15) is 4.31 Å². The number of sulfonamides is 1. The molecule has 0 bridgehead atoms. The first kappa shape index (κ1) is 22.5. The Morgan fingerprint density at radius 3 is 2.37 bits per heavy atom. The Bertz CT molecular complexity index is 965. The van der Waals surface area contributed by atoms with Crippen molar-refractivity contribution < 1.29 is 13.2 Å². The summed E-state index contributed by atoms with van der Waals surface area (Å²) in [6, 6.07) is 14.8. The minimum atomic E-state index is -3.45. The summed E-state index contributed by atoms with van der Waals surface area (Å²) in [6.07, 6.45) is 0.890. The van der Waals surface area contributed by atoms with Crippen LogP contribution in [0.4, 0.5) is 0 Å². The highest BCUT2D eigenvalue weighted by Crippen LogP contribution is 2.19. The van der Waals surface area contributed by atoms with E-state index in [4.69, 9.17) is 0 Å². The second-order valence-corrected chi connectivity index (χ2v) is 9.91. The topological polar surface area (TPSA) is 69.7 Å². The summed E-state index contributed by atoms with van der Waals surface area (Å²) in [5.74, 6) is -0.0554. The third-order valence-corrected chi connectivity index (χ3v) is 7.49. The van der Waals surface area contributed by atoms with Gasteiger partial charge in [0.25, 0.3) is 5.91 Å². The number of aryl methyl sites for hydroxylation is 1. The number of nitrogens with one attached hydrogen (secondary N) is 1. The Kier molecular flexibility index (Phi) is 7.28. The molecular formula is C23H31N3O3S. The van der Waals surface area contributed by atoms with Gasteiger partial charge in [0.15, 0.2) is 0 Å². The first-order valence-corrected chi connectivity index (χ1v) is 11.9. The highest BCUT2D eigenvalue weighted by atomic mass is 32.2. The van der Waals surface area contributed by atoms with E-state index in [-0.39, 0.29) is 11.9 Å². The molecule has 0 aliphatic carbocycles. The highest BCUT2D eigenvalue weighted by Gasteiger charge is 2.28. The van der Waals surface area contributed by atoms with Gasteiger partial charge in [-0.1, -0.05) is 36.8 Å². The highest BCUT2D eigenvalue weighted by molar-refractivity contribution is 7.89. The maximum absolute atomic E-state index is 12.9. The van der Waals surface area contributed by atoms with Gasteiger partial charge in [-0.25, -0.2) is 8.42 Å². The lowest BCUT2D eigenvalue weighted by Crippen LogP contribution is -2.48. The fourth-order valence-electron chi connectivity index (χ4n) is 3.47. The van der Waals surface area contributed by atoms with Crippen LogP contribution in [0.1, 0.15) is 41.8 Å². The molecule has 2 aromatic carbocycles. The molecule has 162 valence electrons. The lowest BCUT2D eigenvalue weighted by Gasteiger charge is -2.34. The van der Waals surface area contributed by atoms with E-state index in [1.807, 2.05) is 57.2 Å². The van der Waals surface area contributed by atoms with Crippen LogP contribution in [0.15, 0.2) is 53.4 Å². The van der Waals surface area contributed by atoms with Gasteiger partial charge in [0.2, 0.25) is 10.0 Å². The Hall–Kier alpha value is -2.22. The van der Waals surface area contributed by atoms with E-state index < -0.39 is 10.0 Å². The van der Waals surface area contributed by atoms with Crippen molar-refractivity contribution in [3.05, 3.63) is 65.2 Å². The van der Waals surface area contributed by atoms with Crippen molar-refractivity contribution in [2.24, 2.45) is 0 Å². The van der Waals surface area contributed by atoms with Crippen molar-refractivity contribution in [1.82, 2.24) is 14.5 Å². The summed E-state index contributed by atoms with van der Waals surface area (Å²) in [6.45, 7) is 8.92. The standard InChI is InChI=1S/C23H31N3O3S/c1-4-19(3)24-23(27)21-7-5-6-20(16-21)17-25-12-14-26(15-13-25)30(28,29)22-10-8-18(2)9-11-22/h5-11,16,19H,4,12-15,17H2,1-3H3,(H,24,27). The summed E-state index contributed by atoms with van der Waals surface area (Å²) >= 11 is 0. The third-order valence-electron chi connectivity index (χ3n) is 5.58. The molecule has 1 atom stereocenters. The molecule has 3 rings (SSSR count). The van der Waals surface area contributed by atoms with Crippen molar-refractivity contribution in [2.75, 3.05) is 26.2 Å². The lowest BCUT2D eigenvalue weighted by molar-refractivity contribution is 0.0939. The monoisotopic (exact) mass is 429 g/mol. The lowest BCUT2D eigenvalue weighted by atomic mass is 10.1. The fraction of sp³-hybridized carbons (Fsp3) is 0.435. The van der Waals surface area contributed by atoms with Gasteiger partial charge < -0.3 is 5.32 Å². The van der Waals surface area contributed by atoms with E-state index in [1.54, 1.807) is 16.4 Å². The van der Waals surface area contributed by atoms with Crippen molar-refractivity contribution in [1.29, 1.82) is 0 Å². The molecule has 0 radical (unpaired) electrons. The maximum atomic E-state index is 12.9. The average Bonchev–Trinajstić information content (AvgIpc) is 2.74.